The molecule has 4 heterocycles. The lowest BCUT2D eigenvalue weighted by molar-refractivity contribution is -0.169. The summed E-state index contributed by atoms with van der Waals surface area (Å²) in [7, 11) is 0. The zero-order valence-corrected chi connectivity index (χ0v) is 15.1. The first-order valence-corrected chi connectivity index (χ1v) is 9.61. The molecule has 3 fully saturated rings. The number of carbonyl (C=O) groups excluding carboxylic acids is 2. The summed E-state index contributed by atoms with van der Waals surface area (Å²) < 4.78 is 13.7. The predicted molar refractivity (Wildman–Crippen MR) is 99.4 cm³/mol. The number of rotatable bonds is 2. The van der Waals surface area contributed by atoms with Crippen LogP contribution in [0.3, 0.4) is 0 Å². The van der Waals surface area contributed by atoms with Crippen molar-refractivity contribution in [3.63, 3.8) is 0 Å². The molecule has 1 unspecified atom stereocenters. The van der Waals surface area contributed by atoms with E-state index in [0.29, 0.717) is 26.1 Å². The van der Waals surface area contributed by atoms with E-state index in [1.54, 1.807) is 0 Å². The van der Waals surface area contributed by atoms with Crippen LogP contribution in [0, 0.1) is 0 Å². The maximum absolute atomic E-state index is 12.3. The van der Waals surface area contributed by atoms with E-state index in [1.165, 1.54) is 5.69 Å². The molecule has 142 valence electrons. The zero-order chi connectivity index (χ0) is 18.4. The Labute approximate surface area is 157 Å². The van der Waals surface area contributed by atoms with Crippen LogP contribution in [0.5, 0.6) is 0 Å². The van der Waals surface area contributed by atoms with E-state index in [1.807, 2.05) is 22.9 Å². The van der Waals surface area contributed by atoms with Crippen molar-refractivity contribution in [1.82, 2.24) is 9.88 Å². The third kappa shape index (κ3) is 2.82. The summed E-state index contributed by atoms with van der Waals surface area (Å²) in [6.45, 7) is 3.13. The van der Waals surface area contributed by atoms with Gasteiger partial charge in [-0.1, -0.05) is 6.07 Å². The SMILES string of the molecule is O=C1CCC(n2ccc3c(N4CCC5(CC4)OCCO5)cccc32)C(=O)N1. The maximum Gasteiger partial charge on any atom is 0.249 e. The number of anilines is 1. The van der Waals surface area contributed by atoms with Crippen LogP contribution in [-0.2, 0) is 19.1 Å². The van der Waals surface area contributed by atoms with Gasteiger partial charge in [-0.05, 0) is 24.6 Å². The van der Waals surface area contributed by atoms with E-state index >= 15 is 0 Å². The molecule has 1 aromatic carbocycles. The minimum Gasteiger partial charge on any atom is -0.371 e. The van der Waals surface area contributed by atoms with E-state index in [0.717, 1.165) is 36.8 Å². The first kappa shape index (κ1) is 16.8. The topological polar surface area (TPSA) is 72.8 Å². The summed E-state index contributed by atoms with van der Waals surface area (Å²) in [5.74, 6) is -0.792. The molecule has 7 heteroatoms. The second-order valence-electron chi connectivity index (χ2n) is 7.49. The summed E-state index contributed by atoms with van der Waals surface area (Å²) in [5.41, 5.74) is 2.20. The molecule has 0 saturated carbocycles. The van der Waals surface area contributed by atoms with Crippen molar-refractivity contribution >= 4 is 28.4 Å². The smallest absolute Gasteiger partial charge is 0.249 e. The Morgan fingerprint density at radius 2 is 1.85 bits per heavy atom. The van der Waals surface area contributed by atoms with Crippen molar-refractivity contribution in [1.29, 1.82) is 0 Å². The third-order valence-electron chi connectivity index (χ3n) is 5.97. The molecule has 1 spiro atoms. The van der Waals surface area contributed by atoms with Gasteiger partial charge in [-0.15, -0.1) is 0 Å². The molecule has 0 bridgehead atoms. The number of nitrogens with zero attached hydrogens (tertiary/aromatic N) is 2. The summed E-state index contributed by atoms with van der Waals surface area (Å²) in [4.78, 5) is 26.1. The largest absolute Gasteiger partial charge is 0.371 e. The molecule has 3 aliphatic heterocycles. The molecule has 0 aliphatic carbocycles. The highest BCUT2D eigenvalue weighted by molar-refractivity contribution is 6.01. The Hall–Kier alpha value is -2.38. The van der Waals surface area contributed by atoms with E-state index in [9.17, 15) is 9.59 Å². The Bertz CT molecular complexity index is 890. The summed E-state index contributed by atoms with van der Waals surface area (Å²) in [6.07, 6.45) is 4.60. The quantitative estimate of drug-likeness (QED) is 0.820. The molecule has 7 nitrogen and oxygen atoms in total. The van der Waals surface area contributed by atoms with Gasteiger partial charge in [-0.2, -0.15) is 0 Å². The minimum atomic E-state index is -0.386. The first-order chi connectivity index (χ1) is 13.2. The van der Waals surface area contributed by atoms with Crippen LogP contribution in [0.2, 0.25) is 0 Å². The van der Waals surface area contributed by atoms with Gasteiger partial charge in [-0.25, -0.2) is 0 Å². The zero-order valence-electron chi connectivity index (χ0n) is 15.1. The molecule has 2 amide bonds. The number of hydrogen-bond acceptors (Lipinski definition) is 5. The van der Waals surface area contributed by atoms with Crippen molar-refractivity contribution in [2.24, 2.45) is 0 Å². The molecular weight excluding hydrogens is 346 g/mol. The molecule has 1 aromatic heterocycles. The van der Waals surface area contributed by atoms with Crippen LogP contribution < -0.4 is 10.2 Å². The monoisotopic (exact) mass is 369 g/mol. The van der Waals surface area contributed by atoms with E-state index < -0.39 is 0 Å². The Kier molecular flexibility index (Phi) is 3.94. The number of nitrogens with one attached hydrogen (secondary N) is 1. The lowest BCUT2D eigenvalue weighted by atomic mass is 10.0. The average molecular weight is 369 g/mol. The van der Waals surface area contributed by atoms with Crippen LogP contribution >= 0.6 is 0 Å². The fourth-order valence-corrected chi connectivity index (χ4v) is 4.54. The van der Waals surface area contributed by atoms with Gasteiger partial charge >= 0.3 is 0 Å². The van der Waals surface area contributed by atoms with Gasteiger partial charge in [0.25, 0.3) is 0 Å². The van der Waals surface area contributed by atoms with Gasteiger partial charge in [0.1, 0.15) is 6.04 Å². The third-order valence-corrected chi connectivity index (χ3v) is 5.97. The van der Waals surface area contributed by atoms with Gasteiger partial charge in [0.15, 0.2) is 5.79 Å². The van der Waals surface area contributed by atoms with Crippen molar-refractivity contribution in [3.8, 4) is 0 Å². The van der Waals surface area contributed by atoms with Crippen molar-refractivity contribution < 1.29 is 19.1 Å². The highest BCUT2D eigenvalue weighted by Crippen LogP contribution is 2.37. The first-order valence-electron chi connectivity index (χ1n) is 9.61. The highest BCUT2D eigenvalue weighted by Gasteiger charge is 2.40. The van der Waals surface area contributed by atoms with Crippen LogP contribution in [0.25, 0.3) is 10.9 Å². The lowest BCUT2D eigenvalue weighted by Gasteiger charge is -2.39. The molecule has 3 saturated heterocycles. The summed E-state index contributed by atoms with van der Waals surface area (Å²) >= 11 is 0. The van der Waals surface area contributed by atoms with Crippen LogP contribution in [0.4, 0.5) is 5.69 Å². The lowest BCUT2D eigenvalue weighted by Crippen LogP contribution is -2.45. The number of fused-ring (bicyclic) bond motifs is 1. The molecule has 5 rings (SSSR count). The number of ether oxygens (including phenoxy) is 2. The number of aromatic nitrogens is 1. The Morgan fingerprint density at radius 1 is 1.07 bits per heavy atom. The fraction of sp³-hybridized carbons (Fsp3) is 0.500. The molecule has 3 aliphatic rings. The van der Waals surface area contributed by atoms with E-state index in [4.69, 9.17) is 9.47 Å². The maximum atomic E-state index is 12.3. The van der Waals surface area contributed by atoms with Crippen molar-refractivity contribution in [2.45, 2.75) is 37.5 Å². The molecular formula is C20H23N3O4. The molecule has 27 heavy (non-hydrogen) atoms. The van der Waals surface area contributed by atoms with Crippen molar-refractivity contribution in [3.05, 3.63) is 30.5 Å². The van der Waals surface area contributed by atoms with Gasteiger partial charge in [-0.3, -0.25) is 14.9 Å². The number of imide groups is 1. The van der Waals surface area contributed by atoms with Gasteiger partial charge < -0.3 is 18.9 Å². The van der Waals surface area contributed by atoms with Crippen LogP contribution in [0.15, 0.2) is 30.5 Å². The number of benzene rings is 1. The molecule has 1 atom stereocenters. The summed E-state index contributed by atoms with van der Waals surface area (Å²) in [5, 5.41) is 3.58. The number of carbonyl (C=O) groups is 2. The fourth-order valence-electron chi connectivity index (χ4n) is 4.54. The Balaban J connectivity index is 1.43. The normalized spacial score (nSPS) is 25.3. The van der Waals surface area contributed by atoms with Crippen molar-refractivity contribution in [2.75, 3.05) is 31.2 Å². The second kappa shape index (κ2) is 6.35. The molecule has 2 aromatic rings. The minimum absolute atomic E-state index is 0.188. The van der Waals surface area contributed by atoms with Gasteiger partial charge in [0, 0.05) is 49.6 Å². The average Bonchev–Trinajstić information content (AvgIpc) is 3.30. The molecule has 1 N–H and O–H groups in total. The standard InChI is InChI=1S/C20H23N3O4/c24-18-5-4-17(19(25)21-18)23-9-6-14-15(2-1-3-16(14)23)22-10-7-20(8-11-22)26-12-13-27-20/h1-3,6,9,17H,4-5,7-8,10-13H2,(H,21,24,25). The predicted octanol–water partition coefficient (Wildman–Crippen LogP) is 1.96. The van der Waals surface area contributed by atoms with Gasteiger partial charge in [0.05, 0.1) is 18.7 Å². The number of hydrogen-bond donors (Lipinski definition) is 1. The number of piperidine rings is 2. The van der Waals surface area contributed by atoms with E-state index in [2.05, 4.69) is 22.3 Å². The second-order valence-corrected chi connectivity index (χ2v) is 7.49. The van der Waals surface area contributed by atoms with Crippen LogP contribution in [0.1, 0.15) is 31.7 Å². The van der Waals surface area contributed by atoms with Gasteiger partial charge in [0.2, 0.25) is 11.8 Å². The molecule has 0 radical (unpaired) electrons. The van der Waals surface area contributed by atoms with Crippen LogP contribution in [-0.4, -0.2) is 48.5 Å². The Morgan fingerprint density at radius 3 is 2.59 bits per heavy atom. The number of amides is 2. The van der Waals surface area contributed by atoms with E-state index in [-0.39, 0.29) is 23.6 Å². The summed E-state index contributed by atoms with van der Waals surface area (Å²) in [6, 6.07) is 7.94. The highest BCUT2D eigenvalue weighted by atomic mass is 16.7.